The molecule has 0 aliphatic rings. The first-order valence-corrected chi connectivity index (χ1v) is 9.65. The fourth-order valence-corrected chi connectivity index (χ4v) is 3.19. The van der Waals surface area contributed by atoms with Gasteiger partial charge in [-0.15, -0.1) is 0 Å². The molecule has 6 nitrogen and oxygen atoms in total. The molecule has 0 aliphatic heterocycles. The number of aryl methyl sites for hydroxylation is 3. The number of nitrogens with zero attached hydrogens (tertiary/aromatic N) is 4. The normalized spacial score (nSPS) is 10.9. The number of hydrogen-bond acceptors (Lipinski definition) is 3. The van der Waals surface area contributed by atoms with Gasteiger partial charge in [-0.2, -0.15) is 10.2 Å². The number of nitrogens with one attached hydrogen (secondary N) is 2. The van der Waals surface area contributed by atoms with Crippen molar-refractivity contribution < 1.29 is 4.39 Å². The van der Waals surface area contributed by atoms with E-state index >= 15 is 0 Å². The largest absolute Gasteiger partial charge is 0.362 e. The summed E-state index contributed by atoms with van der Waals surface area (Å²) >= 11 is 5.42. The van der Waals surface area contributed by atoms with Crippen LogP contribution in [0.25, 0.3) is 0 Å². The van der Waals surface area contributed by atoms with Crippen LogP contribution in [-0.4, -0.2) is 31.2 Å². The zero-order chi connectivity index (χ0) is 20.1. The average molecular weight is 401 g/mol. The van der Waals surface area contributed by atoms with Gasteiger partial charge in [0.15, 0.2) is 5.11 Å². The molecule has 0 bridgehead atoms. The van der Waals surface area contributed by atoms with Crippen molar-refractivity contribution in [2.45, 2.75) is 40.3 Å². The van der Waals surface area contributed by atoms with E-state index in [1.807, 2.05) is 42.5 Å². The molecule has 0 spiro atoms. The highest BCUT2D eigenvalue weighted by molar-refractivity contribution is 7.80. The van der Waals surface area contributed by atoms with Crippen LogP contribution in [0.5, 0.6) is 0 Å². The first kappa shape index (κ1) is 20.0. The molecule has 0 saturated carbocycles. The molecule has 3 rings (SSSR count). The summed E-state index contributed by atoms with van der Waals surface area (Å²) in [6.45, 7) is 8.15. The Morgan fingerprint density at radius 2 is 1.93 bits per heavy atom. The van der Waals surface area contributed by atoms with Gasteiger partial charge in [-0.25, -0.2) is 4.39 Å². The minimum Gasteiger partial charge on any atom is -0.362 e. The summed E-state index contributed by atoms with van der Waals surface area (Å²) in [4.78, 5) is 0. The maximum Gasteiger partial charge on any atom is 0.170 e. The maximum absolute atomic E-state index is 13.1. The highest BCUT2D eigenvalue weighted by Gasteiger charge is 2.13. The summed E-state index contributed by atoms with van der Waals surface area (Å²) in [6, 6.07) is 6.46. The minimum absolute atomic E-state index is 0.237. The third-order valence-corrected chi connectivity index (χ3v) is 4.72. The monoisotopic (exact) mass is 400 g/mol. The predicted octanol–water partition coefficient (Wildman–Crippen LogP) is 3.57. The molecule has 1 aromatic carbocycles. The van der Waals surface area contributed by atoms with E-state index in [0.717, 1.165) is 47.7 Å². The number of anilines is 1. The summed E-state index contributed by atoms with van der Waals surface area (Å²) in [7, 11) is 0. The van der Waals surface area contributed by atoms with E-state index in [1.54, 1.807) is 12.1 Å². The van der Waals surface area contributed by atoms with Gasteiger partial charge in [0.05, 0.1) is 29.8 Å². The fourth-order valence-electron chi connectivity index (χ4n) is 2.98. The number of aromatic nitrogens is 4. The topological polar surface area (TPSA) is 59.7 Å². The van der Waals surface area contributed by atoms with Gasteiger partial charge >= 0.3 is 0 Å². The number of hydrogen-bond donors (Lipinski definition) is 2. The summed E-state index contributed by atoms with van der Waals surface area (Å²) in [5, 5.41) is 15.9. The third-order valence-electron chi connectivity index (χ3n) is 4.48. The second-order valence-electron chi connectivity index (χ2n) is 6.85. The Bertz CT molecular complexity index is 944. The predicted molar refractivity (Wildman–Crippen MR) is 113 cm³/mol. The van der Waals surface area contributed by atoms with Crippen molar-refractivity contribution in [3.8, 4) is 0 Å². The molecule has 0 radical (unpaired) electrons. The molecule has 2 heterocycles. The average Bonchev–Trinajstić information content (AvgIpc) is 3.19. The van der Waals surface area contributed by atoms with Crippen molar-refractivity contribution in [1.29, 1.82) is 0 Å². The van der Waals surface area contributed by atoms with E-state index in [-0.39, 0.29) is 5.82 Å². The van der Waals surface area contributed by atoms with Gasteiger partial charge in [-0.1, -0.05) is 12.1 Å². The first-order chi connectivity index (χ1) is 13.4. The molecular weight excluding hydrogens is 375 g/mol. The van der Waals surface area contributed by atoms with Gasteiger partial charge in [0.1, 0.15) is 5.82 Å². The molecule has 0 unspecified atom stereocenters. The molecule has 0 saturated heterocycles. The lowest BCUT2D eigenvalue weighted by molar-refractivity contribution is 0.573. The first-order valence-electron chi connectivity index (χ1n) is 9.24. The zero-order valence-corrected chi connectivity index (χ0v) is 17.2. The fraction of sp³-hybridized carbons (Fsp3) is 0.350. The van der Waals surface area contributed by atoms with Crippen molar-refractivity contribution >= 4 is 23.0 Å². The summed E-state index contributed by atoms with van der Waals surface area (Å²) in [5.74, 6) is -0.237. The van der Waals surface area contributed by atoms with Crippen LogP contribution in [0, 0.1) is 26.6 Å². The van der Waals surface area contributed by atoms with Gasteiger partial charge in [0, 0.05) is 19.3 Å². The van der Waals surface area contributed by atoms with Crippen molar-refractivity contribution in [2.75, 3.05) is 11.9 Å². The molecular formula is C20H25FN6S. The lowest BCUT2D eigenvalue weighted by Gasteiger charge is -2.11. The van der Waals surface area contributed by atoms with Crippen LogP contribution in [0.15, 0.2) is 36.7 Å². The van der Waals surface area contributed by atoms with E-state index in [0.29, 0.717) is 11.7 Å². The van der Waals surface area contributed by atoms with Crippen LogP contribution in [-0.2, 0) is 13.1 Å². The second kappa shape index (κ2) is 8.97. The van der Waals surface area contributed by atoms with Crippen LogP contribution in [0.1, 0.15) is 28.9 Å². The SMILES string of the molecule is Cc1cnn(CCCNC(=S)Nc2c(C)nn(Cc3ccc(F)cc3)c2C)c1. The molecule has 0 atom stereocenters. The molecule has 0 amide bonds. The molecule has 2 aromatic heterocycles. The Hall–Kier alpha value is -2.74. The smallest absolute Gasteiger partial charge is 0.170 e. The molecule has 3 aromatic rings. The van der Waals surface area contributed by atoms with E-state index in [2.05, 4.69) is 20.8 Å². The molecule has 148 valence electrons. The number of halogens is 1. The highest BCUT2D eigenvalue weighted by Crippen LogP contribution is 2.20. The van der Waals surface area contributed by atoms with Crippen LogP contribution in [0.4, 0.5) is 10.1 Å². The second-order valence-corrected chi connectivity index (χ2v) is 7.25. The highest BCUT2D eigenvalue weighted by atomic mass is 32.1. The van der Waals surface area contributed by atoms with Crippen molar-refractivity contribution in [3.05, 3.63) is 65.0 Å². The number of rotatable bonds is 7. The zero-order valence-electron chi connectivity index (χ0n) is 16.4. The van der Waals surface area contributed by atoms with E-state index < -0.39 is 0 Å². The molecule has 8 heteroatoms. The van der Waals surface area contributed by atoms with Crippen molar-refractivity contribution in [2.24, 2.45) is 0 Å². The third kappa shape index (κ3) is 5.16. The van der Waals surface area contributed by atoms with Gasteiger partial charge in [-0.05, 0) is 62.7 Å². The number of thiocarbonyl (C=S) groups is 1. The standard InChI is InChI=1S/C20H25FN6S/c1-14-11-23-26(12-14)10-4-9-22-20(28)24-19-15(2)25-27(16(19)3)13-17-5-7-18(21)8-6-17/h5-8,11-12H,4,9-10,13H2,1-3H3,(H2,22,24,28). The summed E-state index contributed by atoms with van der Waals surface area (Å²) in [6.07, 6.45) is 4.80. The van der Waals surface area contributed by atoms with Crippen molar-refractivity contribution in [1.82, 2.24) is 24.9 Å². The Labute approximate surface area is 169 Å². The van der Waals surface area contributed by atoms with E-state index in [4.69, 9.17) is 12.2 Å². The molecule has 0 fully saturated rings. The Balaban J connectivity index is 1.52. The van der Waals surface area contributed by atoms with E-state index in [1.165, 1.54) is 12.1 Å². The number of benzene rings is 1. The van der Waals surface area contributed by atoms with Gasteiger partial charge in [0.2, 0.25) is 0 Å². The molecule has 28 heavy (non-hydrogen) atoms. The minimum atomic E-state index is -0.237. The van der Waals surface area contributed by atoms with Crippen LogP contribution >= 0.6 is 12.2 Å². The van der Waals surface area contributed by atoms with Crippen LogP contribution in [0.2, 0.25) is 0 Å². The molecule has 2 N–H and O–H groups in total. The maximum atomic E-state index is 13.1. The lowest BCUT2D eigenvalue weighted by atomic mass is 10.2. The Morgan fingerprint density at radius 3 is 2.61 bits per heavy atom. The lowest BCUT2D eigenvalue weighted by Crippen LogP contribution is -2.30. The van der Waals surface area contributed by atoms with Crippen molar-refractivity contribution in [3.63, 3.8) is 0 Å². The van der Waals surface area contributed by atoms with Gasteiger partial charge in [-0.3, -0.25) is 9.36 Å². The quantitative estimate of drug-likeness (QED) is 0.469. The van der Waals surface area contributed by atoms with Crippen LogP contribution < -0.4 is 10.6 Å². The Morgan fingerprint density at radius 1 is 1.18 bits per heavy atom. The van der Waals surface area contributed by atoms with E-state index in [9.17, 15) is 4.39 Å². The Kier molecular flexibility index (Phi) is 6.41. The summed E-state index contributed by atoms with van der Waals surface area (Å²) < 4.78 is 16.9. The van der Waals surface area contributed by atoms with Gasteiger partial charge in [0.25, 0.3) is 0 Å². The van der Waals surface area contributed by atoms with Crippen LogP contribution in [0.3, 0.4) is 0 Å². The molecule has 0 aliphatic carbocycles. The summed E-state index contributed by atoms with van der Waals surface area (Å²) in [5.41, 5.74) is 4.91. The van der Waals surface area contributed by atoms with Gasteiger partial charge < -0.3 is 10.6 Å².